The maximum Gasteiger partial charge on any atom is 0.224 e. The van der Waals surface area contributed by atoms with Gasteiger partial charge in [-0.1, -0.05) is 24.3 Å². The molecule has 0 saturated carbocycles. The molecule has 2 aromatic carbocycles. The number of ether oxygens (including phenoxy) is 1. The van der Waals surface area contributed by atoms with Crippen LogP contribution < -0.4 is 10.1 Å². The summed E-state index contributed by atoms with van der Waals surface area (Å²) in [6.07, 6.45) is 0.303. The van der Waals surface area contributed by atoms with Crippen LogP contribution in [-0.2, 0) is 11.2 Å². The van der Waals surface area contributed by atoms with E-state index < -0.39 is 11.6 Å². The maximum atomic E-state index is 13.0. The average Bonchev–Trinajstić information content (AvgIpc) is 2.49. The van der Waals surface area contributed by atoms with Gasteiger partial charge < -0.3 is 10.1 Å². The molecule has 2 aromatic rings. The minimum atomic E-state index is -0.957. The van der Waals surface area contributed by atoms with Crippen LogP contribution in [0.2, 0.25) is 0 Å². The fourth-order valence-electron chi connectivity index (χ4n) is 1.97. The van der Waals surface area contributed by atoms with Crippen LogP contribution in [-0.4, -0.2) is 19.1 Å². The van der Waals surface area contributed by atoms with Crippen molar-refractivity contribution in [3.63, 3.8) is 0 Å². The SMILES string of the molecule is Cc1ccccc1CC(=O)NCCOc1ccc(F)c(F)c1. The van der Waals surface area contributed by atoms with Crippen molar-refractivity contribution in [1.29, 1.82) is 0 Å². The van der Waals surface area contributed by atoms with Gasteiger partial charge in [-0.25, -0.2) is 8.78 Å². The lowest BCUT2D eigenvalue weighted by Crippen LogP contribution is -2.29. The first-order valence-corrected chi connectivity index (χ1v) is 6.95. The van der Waals surface area contributed by atoms with Crippen LogP contribution in [0, 0.1) is 18.6 Å². The van der Waals surface area contributed by atoms with Crippen molar-refractivity contribution < 1.29 is 18.3 Å². The van der Waals surface area contributed by atoms with Crippen molar-refractivity contribution >= 4 is 5.91 Å². The van der Waals surface area contributed by atoms with Crippen molar-refractivity contribution in [2.75, 3.05) is 13.2 Å². The number of hydrogen-bond donors (Lipinski definition) is 1. The summed E-state index contributed by atoms with van der Waals surface area (Å²) in [5.74, 6) is -1.75. The predicted molar refractivity (Wildman–Crippen MR) is 79.7 cm³/mol. The van der Waals surface area contributed by atoms with Gasteiger partial charge in [0.2, 0.25) is 5.91 Å². The van der Waals surface area contributed by atoms with Gasteiger partial charge in [-0.05, 0) is 30.2 Å². The van der Waals surface area contributed by atoms with Crippen LogP contribution in [0.4, 0.5) is 8.78 Å². The fourth-order valence-corrected chi connectivity index (χ4v) is 1.97. The first kappa shape index (κ1) is 15.9. The van der Waals surface area contributed by atoms with Crippen LogP contribution >= 0.6 is 0 Å². The molecule has 0 bridgehead atoms. The van der Waals surface area contributed by atoms with Crippen LogP contribution in [0.3, 0.4) is 0 Å². The smallest absolute Gasteiger partial charge is 0.224 e. The maximum absolute atomic E-state index is 13.0. The number of halogens is 2. The molecule has 0 spiro atoms. The van der Waals surface area contributed by atoms with Gasteiger partial charge in [0.15, 0.2) is 11.6 Å². The van der Waals surface area contributed by atoms with Crippen LogP contribution in [0.1, 0.15) is 11.1 Å². The van der Waals surface area contributed by atoms with Crippen molar-refractivity contribution in [1.82, 2.24) is 5.32 Å². The first-order chi connectivity index (χ1) is 10.6. The number of aryl methyl sites for hydroxylation is 1. The lowest BCUT2D eigenvalue weighted by Gasteiger charge is -2.09. The number of carbonyl (C=O) groups is 1. The average molecular weight is 305 g/mol. The van der Waals surface area contributed by atoms with Gasteiger partial charge in [-0.3, -0.25) is 4.79 Å². The van der Waals surface area contributed by atoms with Crippen molar-refractivity contribution in [2.24, 2.45) is 0 Å². The quantitative estimate of drug-likeness (QED) is 0.833. The Morgan fingerprint density at radius 3 is 2.64 bits per heavy atom. The summed E-state index contributed by atoms with van der Waals surface area (Å²) < 4.78 is 31.0. The summed E-state index contributed by atoms with van der Waals surface area (Å²) in [5.41, 5.74) is 2.04. The molecule has 1 N–H and O–H groups in total. The van der Waals surface area contributed by atoms with E-state index in [-0.39, 0.29) is 18.3 Å². The monoisotopic (exact) mass is 305 g/mol. The summed E-state index contributed by atoms with van der Waals surface area (Å²) in [6.45, 7) is 2.43. The molecule has 2 rings (SSSR count). The minimum absolute atomic E-state index is 0.108. The van der Waals surface area contributed by atoms with Gasteiger partial charge in [0.05, 0.1) is 13.0 Å². The molecule has 5 heteroatoms. The molecule has 0 radical (unpaired) electrons. The highest BCUT2D eigenvalue weighted by Crippen LogP contribution is 2.15. The van der Waals surface area contributed by atoms with E-state index in [1.165, 1.54) is 6.07 Å². The zero-order valence-corrected chi connectivity index (χ0v) is 12.2. The standard InChI is InChI=1S/C17H17F2NO2/c1-12-4-2-3-5-13(12)10-17(21)20-8-9-22-14-6-7-15(18)16(19)11-14/h2-7,11H,8-10H2,1H3,(H,20,21). The summed E-state index contributed by atoms with van der Waals surface area (Å²) in [5, 5.41) is 2.72. The second kappa shape index (κ2) is 7.54. The zero-order chi connectivity index (χ0) is 15.9. The molecule has 0 saturated heterocycles. The lowest BCUT2D eigenvalue weighted by atomic mass is 10.1. The Morgan fingerprint density at radius 1 is 1.14 bits per heavy atom. The molecule has 1 amide bonds. The van der Waals surface area contributed by atoms with E-state index in [4.69, 9.17) is 4.74 Å². The number of nitrogens with one attached hydrogen (secondary N) is 1. The van der Waals surface area contributed by atoms with Gasteiger partial charge >= 0.3 is 0 Å². The highest BCUT2D eigenvalue weighted by Gasteiger charge is 2.06. The van der Waals surface area contributed by atoms with E-state index in [0.29, 0.717) is 13.0 Å². The van der Waals surface area contributed by atoms with E-state index in [9.17, 15) is 13.6 Å². The highest BCUT2D eigenvalue weighted by atomic mass is 19.2. The van der Waals surface area contributed by atoms with Gasteiger partial charge in [0.1, 0.15) is 12.4 Å². The minimum Gasteiger partial charge on any atom is -0.492 e. The molecule has 3 nitrogen and oxygen atoms in total. The molecule has 116 valence electrons. The Morgan fingerprint density at radius 2 is 1.91 bits per heavy atom. The largest absolute Gasteiger partial charge is 0.492 e. The Balaban J connectivity index is 1.73. The van der Waals surface area contributed by atoms with Gasteiger partial charge in [0.25, 0.3) is 0 Å². The Hall–Kier alpha value is -2.43. The van der Waals surface area contributed by atoms with Crippen LogP contribution in [0.25, 0.3) is 0 Å². The highest BCUT2D eigenvalue weighted by molar-refractivity contribution is 5.78. The van der Waals surface area contributed by atoms with Crippen LogP contribution in [0.5, 0.6) is 5.75 Å². The number of hydrogen-bond acceptors (Lipinski definition) is 2. The number of carbonyl (C=O) groups excluding carboxylic acids is 1. The molecular formula is C17H17F2NO2. The Labute approximate surface area is 127 Å². The number of benzene rings is 2. The van der Waals surface area contributed by atoms with Crippen molar-refractivity contribution in [2.45, 2.75) is 13.3 Å². The molecule has 0 aliphatic rings. The van der Waals surface area contributed by atoms with Gasteiger partial charge in [0, 0.05) is 6.07 Å². The van der Waals surface area contributed by atoms with Crippen LogP contribution in [0.15, 0.2) is 42.5 Å². The third-order valence-corrected chi connectivity index (χ3v) is 3.20. The topological polar surface area (TPSA) is 38.3 Å². The molecule has 0 aliphatic carbocycles. The van der Waals surface area contributed by atoms with E-state index in [0.717, 1.165) is 23.3 Å². The summed E-state index contributed by atoms with van der Waals surface area (Å²) in [4.78, 5) is 11.8. The van der Waals surface area contributed by atoms with E-state index in [2.05, 4.69) is 5.32 Å². The normalized spacial score (nSPS) is 10.3. The number of rotatable bonds is 6. The third kappa shape index (κ3) is 4.55. The summed E-state index contributed by atoms with van der Waals surface area (Å²) in [7, 11) is 0. The second-order valence-electron chi connectivity index (χ2n) is 4.88. The molecule has 0 aliphatic heterocycles. The molecule has 0 atom stereocenters. The predicted octanol–water partition coefficient (Wildman–Crippen LogP) is 3.01. The lowest BCUT2D eigenvalue weighted by molar-refractivity contribution is -0.120. The Bertz CT molecular complexity index is 659. The fraction of sp³-hybridized carbons (Fsp3) is 0.235. The number of amides is 1. The van der Waals surface area contributed by atoms with E-state index >= 15 is 0 Å². The zero-order valence-electron chi connectivity index (χ0n) is 12.2. The Kier molecular flexibility index (Phi) is 5.47. The summed E-state index contributed by atoms with van der Waals surface area (Å²) >= 11 is 0. The third-order valence-electron chi connectivity index (χ3n) is 3.20. The van der Waals surface area contributed by atoms with E-state index in [1.54, 1.807) is 0 Å². The van der Waals surface area contributed by atoms with Crippen molar-refractivity contribution in [3.8, 4) is 5.75 Å². The molecular weight excluding hydrogens is 288 g/mol. The first-order valence-electron chi connectivity index (χ1n) is 6.95. The van der Waals surface area contributed by atoms with Gasteiger partial charge in [-0.15, -0.1) is 0 Å². The molecule has 0 unspecified atom stereocenters. The second-order valence-corrected chi connectivity index (χ2v) is 4.88. The van der Waals surface area contributed by atoms with E-state index in [1.807, 2.05) is 31.2 Å². The van der Waals surface area contributed by atoms with Gasteiger partial charge in [-0.2, -0.15) is 0 Å². The molecule has 0 fully saturated rings. The summed E-state index contributed by atoms with van der Waals surface area (Å²) in [6, 6.07) is 11.0. The molecule has 0 heterocycles. The molecule has 22 heavy (non-hydrogen) atoms. The van der Waals surface area contributed by atoms with Crippen molar-refractivity contribution in [3.05, 3.63) is 65.2 Å². The molecule has 0 aromatic heterocycles.